The average Bonchev–Trinajstić information content (AvgIpc) is 3.42. The highest BCUT2D eigenvalue weighted by molar-refractivity contribution is 6.04. The fourth-order valence-corrected chi connectivity index (χ4v) is 5.00. The summed E-state index contributed by atoms with van der Waals surface area (Å²) in [5, 5.41) is 3.28. The summed E-state index contributed by atoms with van der Waals surface area (Å²) >= 11 is 0. The first kappa shape index (κ1) is 23.6. The normalized spacial score (nSPS) is 19.6. The van der Waals surface area contributed by atoms with Crippen LogP contribution in [0.3, 0.4) is 0 Å². The van der Waals surface area contributed by atoms with Crippen molar-refractivity contribution in [3.05, 3.63) is 112 Å². The molecule has 2 aliphatic rings. The van der Waals surface area contributed by atoms with Gasteiger partial charge in [-0.3, -0.25) is 4.79 Å². The molecule has 3 aromatic rings. The first-order valence-corrected chi connectivity index (χ1v) is 11.8. The summed E-state index contributed by atoms with van der Waals surface area (Å²) in [5.41, 5.74) is 3.41. The van der Waals surface area contributed by atoms with Gasteiger partial charge in [-0.15, -0.1) is 0 Å². The van der Waals surface area contributed by atoms with Crippen molar-refractivity contribution in [2.75, 3.05) is 7.11 Å². The minimum absolute atomic E-state index is 0.0515. The van der Waals surface area contributed by atoms with Crippen molar-refractivity contribution >= 4 is 11.8 Å². The Morgan fingerprint density at radius 3 is 2.61 bits per heavy atom. The third-order valence-corrected chi connectivity index (χ3v) is 6.70. The molecule has 1 aliphatic heterocycles. The van der Waals surface area contributed by atoms with Crippen LogP contribution in [0.5, 0.6) is 5.75 Å². The number of benzene rings is 2. The van der Waals surface area contributed by atoms with Gasteiger partial charge in [-0.2, -0.15) is 0 Å². The molecular formula is C29H26FNO5. The molecule has 0 saturated carbocycles. The van der Waals surface area contributed by atoms with Crippen LogP contribution in [0.25, 0.3) is 0 Å². The summed E-state index contributed by atoms with van der Waals surface area (Å²) in [7, 11) is 1.58. The predicted molar refractivity (Wildman–Crippen MR) is 130 cm³/mol. The zero-order chi connectivity index (χ0) is 25.2. The number of halogens is 1. The number of carbonyl (C=O) groups excluding carboxylic acids is 2. The monoisotopic (exact) mass is 487 g/mol. The number of nitrogens with one attached hydrogen (secondary N) is 1. The molecule has 0 fully saturated rings. The van der Waals surface area contributed by atoms with Crippen molar-refractivity contribution in [1.82, 2.24) is 5.32 Å². The molecule has 1 aromatic heterocycles. The van der Waals surface area contributed by atoms with Gasteiger partial charge >= 0.3 is 5.97 Å². The van der Waals surface area contributed by atoms with Crippen LogP contribution in [-0.4, -0.2) is 18.9 Å². The zero-order valence-electron chi connectivity index (χ0n) is 20.0. The van der Waals surface area contributed by atoms with E-state index in [-0.39, 0.29) is 24.7 Å². The molecule has 2 atom stereocenters. The summed E-state index contributed by atoms with van der Waals surface area (Å²) in [6.07, 6.45) is 2.38. The van der Waals surface area contributed by atoms with Crippen LogP contribution in [0.2, 0.25) is 0 Å². The Hall–Kier alpha value is -4.13. The number of furan rings is 1. The lowest BCUT2D eigenvalue weighted by Crippen LogP contribution is -2.36. The summed E-state index contributed by atoms with van der Waals surface area (Å²) in [5.74, 6) is -0.494. The van der Waals surface area contributed by atoms with E-state index in [9.17, 15) is 14.0 Å². The van der Waals surface area contributed by atoms with Crippen LogP contribution >= 0.6 is 0 Å². The lowest BCUT2D eigenvalue weighted by atomic mass is 9.72. The molecule has 0 saturated heterocycles. The lowest BCUT2D eigenvalue weighted by molar-refractivity contribution is -0.140. The molecule has 0 amide bonds. The van der Waals surface area contributed by atoms with Crippen LogP contribution in [0.15, 0.2) is 93.9 Å². The van der Waals surface area contributed by atoms with Gasteiger partial charge in [0.1, 0.15) is 23.9 Å². The van der Waals surface area contributed by atoms with E-state index in [2.05, 4.69) is 5.32 Å². The van der Waals surface area contributed by atoms with Gasteiger partial charge in [0.15, 0.2) is 5.78 Å². The third-order valence-electron chi connectivity index (χ3n) is 6.70. The van der Waals surface area contributed by atoms with Crippen molar-refractivity contribution in [2.24, 2.45) is 0 Å². The van der Waals surface area contributed by atoms with Crippen molar-refractivity contribution in [2.45, 2.75) is 38.2 Å². The third kappa shape index (κ3) is 4.56. The maximum Gasteiger partial charge on any atom is 0.337 e. The lowest BCUT2D eigenvalue weighted by Gasteiger charge is -2.36. The van der Waals surface area contributed by atoms with E-state index in [4.69, 9.17) is 13.9 Å². The number of ether oxygens (including phenoxy) is 2. The number of hydrogen-bond acceptors (Lipinski definition) is 6. The Morgan fingerprint density at radius 2 is 1.92 bits per heavy atom. The second kappa shape index (κ2) is 9.85. The minimum atomic E-state index is -0.731. The molecular weight excluding hydrogens is 461 g/mol. The smallest absolute Gasteiger partial charge is 0.337 e. The Bertz CT molecular complexity index is 1350. The number of carbonyl (C=O) groups is 2. The molecule has 7 heteroatoms. The molecule has 36 heavy (non-hydrogen) atoms. The molecule has 0 unspecified atom stereocenters. The Balaban J connectivity index is 1.48. The predicted octanol–water partition coefficient (Wildman–Crippen LogP) is 5.53. The van der Waals surface area contributed by atoms with Crippen molar-refractivity contribution in [1.29, 1.82) is 0 Å². The number of dihydropyridines is 1. The van der Waals surface area contributed by atoms with Crippen molar-refractivity contribution < 1.29 is 27.9 Å². The molecule has 1 aliphatic carbocycles. The standard InChI is InChI=1S/C29H26FNO5/c1-17-26(29(33)36-16-18-8-10-22(34-2)11-9-18)27(19-5-3-6-21(30)13-19)28-23(31-17)14-20(15-24(28)32)25-7-4-12-35-25/h3-13,20,27,31H,14-16H2,1-2H3/t20-,27-/m0/s1. The fraction of sp³-hybridized carbons (Fsp3) is 0.241. The van der Waals surface area contributed by atoms with Gasteiger partial charge in [0, 0.05) is 35.2 Å². The van der Waals surface area contributed by atoms with E-state index in [0.29, 0.717) is 34.6 Å². The first-order valence-electron chi connectivity index (χ1n) is 11.8. The van der Waals surface area contributed by atoms with E-state index >= 15 is 0 Å². The Labute approximate surface area is 208 Å². The maximum atomic E-state index is 14.3. The summed E-state index contributed by atoms with van der Waals surface area (Å²) in [6, 6.07) is 16.9. The molecule has 0 bridgehead atoms. The molecule has 0 radical (unpaired) electrons. The number of esters is 1. The van der Waals surface area contributed by atoms with Crippen LogP contribution < -0.4 is 10.1 Å². The maximum absolute atomic E-state index is 14.3. The average molecular weight is 488 g/mol. The molecule has 0 spiro atoms. The Kier molecular flexibility index (Phi) is 6.46. The van der Waals surface area contributed by atoms with E-state index in [0.717, 1.165) is 17.0 Å². The van der Waals surface area contributed by atoms with Crippen molar-refractivity contribution in [3.63, 3.8) is 0 Å². The quantitative estimate of drug-likeness (QED) is 0.461. The van der Waals surface area contributed by atoms with E-state index in [1.165, 1.54) is 12.1 Å². The van der Waals surface area contributed by atoms with Gasteiger partial charge in [-0.25, -0.2) is 9.18 Å². The molecule has 184 valence electrons. The zero-order valence-corrected chi connectivity index (χ0v) is 20.0. The number of allylic oxidation sites excluding steroid dienone is 3. The van der Waals surface area contributed by atoms with Gasteiger partial charge in [-0.05, 0) is 60.9 Å². The van der Waals surface area contributed by atoms with Crippen LogP contribution in [0, 0.1) is 5.82 Å². The van der Waals surface area contributed by atoms with Crippen LogP contribution in [0.1, 0.15) is 48.5 Å². The molecule has 6 nitrogen and oxygen atoms in total. The van der Waals surface area contributed by atoms with Crippen LogP contribution in [0.4, 0.5) is 4.39 Å². The fourth-order valence-electron chi connectivity index (χ4n) is 5.00. The van der Waals surface area contributed by atoms with E-state index in [1.807, 2.05) is 18.2 Å². The number of hydrogen-bond donors (Lipinski definition) is 1. The van der Waals surface area contributed by atoms with Gasteiger partial charge in [0.2, 0.25) is 0 Å². The highest BCUT2D eigenvalue weighted by atomic mass is 19.1. The molecule has 2 heterocycles. The van der Waals surface area contributed by atoms with E-state index in [1.54, 1.807) is 50.6 Å². The van der Waals surface area contributed by atoms with E-state index < -0.39 is 17.7 Å². The minimum Gasteiger partial charge on any atom is -0.497 e. The second-order valence-electron chi connectivity index (χ2n) is 9.01. The van der Waals surface area contributed by atoms with Gasteiger partial charge in [0.05, 0.1) is 18.9 Å². The highest BCUT2D eigenvalue weighted by Gasteiger charge is 2.42. The largest absolute Gasteiger partial charge is 0.497 e. The number of rotatable bonds is 6. The second-order valence-corrected chi connectivity index (χ2v) is 9.01. The summed E-state index contributed by atoms with van der Waals surface area (Å²) < 4.78 is 30.7. The topological polar surface area (TPSA) is 77.8 Å². The number of Topliss-reactive ketones (excluding diaryl/α,β-unsaturated/α-hetero) is 1. The number of methoxy groups -OCH3 is 1. The SMILES string of the molecule is COc1ccc(COC(=O)C2=C(C)NC3=C(C(=O)C[C@@H](c4ccco4)C3)[C@H]2c2cccc(F)c2)cc1. The van der Waals surface area contributed by atoms with Gasteiger partial charge in [-0.1, -0.05) is 24.3 Å². The molecule has 1 N–H and O–H groups in total. The molecule has 5 rings (SSSR count). The summed E-state index contributed by atoms with van der Waals surface area (Å²) in [6.45, 7) is 1.83. The molecule has 2 aromatic carbocycles. The first-order chi connectivity index (χ1) is 17.4. The summed E-state index contributed by atoms with van der Waals surface area (Å²) in [4.78, 5) is 26.9. The van der Waals surface area contributed by atoms with Crippen molar-refractivity contribution in [3.8, 4) is 5.75 Å². The Morgan fingerprint density at radius 1 is 1.11 bits per heavy atom. The highest BCUT2D eigenvalue weighted by Crippen LogP contribution is 2.45. The number of ketones is 1. The van der Waals surface area contributed by atoms with Gasteiger partial charge in [0.25, 0.3) is 0 Å². The van der Waals surface area contributed by atoms with Gasteiger partial charge < -0.3 is 19.2 Å². The van der Waals surface area contributed by atoms with Crippen LogP contribution in [-0.2, 0) is 20.9 Å².